The van der Waals surface area contributed by atoms with Gasteiger partial charge in [0.2, 0.25) is 10.0 Å². The van der Waals surface area contributed by atoms with E-state index in [4.69, 9.17) is 0 Å². The standard InChI is InChI=1S/C23H28N2O3S/c1-17-11-12-22-19(15-17)9-6-13-24(22)23(26)20-8-5-10-21(16-20)29(27,28)25-14-4-3-7-18(25)2/h5,8,10-12,15-16,18H,3-4,6-7,9,13-14H2,1-2H3. The number of amides is 1. The highest BCUT2D eigenvalue weighted by Crippen LogP contribution is 2.30. The average molecular weight is 413 g/mol. The smallest absolute Gasteiger partial charge is 0.258 e. The molecule has 29 heavy (non-hydrogen) atoms. The quantitative estimate of drug-likeness (QED) is 0.761. The Morgan fingerprint density at radius 1 is 1.03 bits per heavy atom. The summed E-state index contributed by atoms with van der Waals surface area (Å²) in [5.74, 6) is -0.140. The minimum Gasteiger partial charge on any atom is -0.308 e. The number of hydrogen-bond acceptors (Lipinski definition) is 3. The summed E-state index contributed by atoms with van der Waals surface area (Å²) < 4.78 is 28.0. The van der Waals surface area contributed by atoms with E-state index in [1.807, 2.05) is 19.1 Å². The molecule has 0 aromatic heterocycles. The van der Waals surface area contributed by atoms with Crippen molar-refractivity contribution in [3.8, 4) is 0 Å². The van der Waals surface area contributed by atoms with Crippen molar-refractivity contribution in [3.63, 3.8) is 0 Å². The van der Waals surface area contributed by atoms with Crippen molar-refractivity contribution < 1.29 is 13.2 Å². The van der Waals surface area contributed by atoms with E-state index in [1.165, 1.54) is 11.1 Å². The normalized spacial score (nSPS) is 20.3. The minimum absolute atomic E-state index is 0.00896. The van der Waals surface area contributed by atoms with Gasteiger partial charge in [0.25, 0.3) is 5.91 Å². The first-order valence-corrected chi connectivity index (χ1v) is 11.9. The molecule has 0 spiro atoms. The molecule has 6 heteroatoms. The number of piperidine rings is 1. The number of carbonyl (C=O) groups excluding carboxylic acids is 1. The predicted octanol–water partition coefficient (Wildman–Crippen LogP) is 4.15. The molecule has 0 aliphatic carbocycles. The van der Waals surface area contributed by atoms with E-state index >= 15 is 0 Å². The van der Waals surface area contributed by atoms with Crippen LogP contribution in [0.5, 0.6) is 0 Å². The fraction of sp³-hybridized carbons (Fsp3) is 0.435. The lowest BCUT2D eigenvalue weighted by atomic mass is 9.99. The van der Waals surface area contributed by atoms with Crippen LogP contribution in [-0.2, 0) is 16.4 Å². The van der Waals surface area contributed by atoms with E-state index in [-0.39, 0.29) is 16.8 Å². The van der Waals surface area contributed by atoms with Gasteiger partial charge in [-0.15, -0.1) is 0 Å². The fourth-order valence-electron chi connectivity index (χ4n) is 4.45. The summed E-state index contributed by atoms with van der Waals surface area (Å²) in [5, 5.41) is 0. The molecular weight excluding hydrogens is 384 g/mol. The Kier molecular flexibility index (Phi) is 5.49. The van der Waals surface area contributed by atoms with Crippen LogP contribution in [0.4, 0.5) is 5.69 Å². The van der Waals surface area contributed by atoms with Crippen LogP contribution in [0.2, 0.25) is 0 Å². The van der Waals surface area contributed by atoms with E-state index in [0.717, 1.165) is 37.8 Å². The third-order valence-electron chi connectivity index (χ3n) is 6.03. The number of benzene rings is 2. The molecule has 1 fully saturated rings. The lowest BCUT2D eigenvalue weighted by molar-refractivity contribution is 0.0985. The maximum Gasteiger partial charge on any atom is 0.258 e. The largest absolute Gasteiger partial charge is 0.308 e. The Morgan fingerprint density at radius 3 is 2.66 bits per heavy atom. The van der Waals surface area contributed by atoms with Gasteiger partial charge in [-0.25, -0.2) is 8.42 Å². The van der Waals surface area contributed by atoms with Crippen LogP contribution >= 0.6 is 0 Å². The van der Waals surface area contributed by atoms with Crippen LogP contribution < -0.4 is 4.90 Å². The van der Waals surface area contributed by atoms with Gasteiger partial charge in [0.15, 0.2) is 0 Å². The summed E-state index contributed by atoms with van der Waals surface area (Å²) in [6.07, 6.45) is 4.68. The molecule has 2 aromatic rings. The van der Waals surface area contributed by atoms with Gasteiger partial charge in [-0.1, -0.05) is 30.2 Å². The molecule has 5 nitrogen and oxygen atoms in total. The monoisotopic (exact) mass is 412 g/mol. The number of carbonyl (C=O) groups is 1. The molecule has 4 rings (SSSR count). The average Bonchev–Trinajstić information content (AvgIpc) is 2.73. The number of hydrogen-bond donors (Lipinski definition) is 0. The first-order valence-electron chi connectivity index (χ1n) is 10.4. The second kappa shape index (κ2) is 7.92. The molecule has 2 heterocycles. The molecule has 2 aliphatic heterocycles. The van der Waals surface area contributed by atoms with Gasteiger partial charge < -0.3 is 4.90 Å². The Labute approximate surface area is 173 Å². The van der Waals surface area contributed by atoms with Crippen molar-refractivity contribution in [3.05, 3.63) is 59.2 Å². The van der Waals surface area contributed by atoms with Gasteiger partial charge in [-0.3, -0.25) is 4.79 Å². The number of anilines is 1. The van der Waals surface area contributed by atoms with Gasteiger partial charge in [0.05, 0.1) is 4.90 Å². The van der Waals surface area contributed by atoms with E-state index in [0.29, 0.717) is 18.7 Å². The Bertz CT molecular complexity index is 1030. The van der Waals surface area contributed by atoms with Crippen molar-refractivity contribution in [2.24, 2.45) is 0 Å². The van der Waals surface area contributed by atoms with Crippen LogP contribution in [0.1, 0.15) is 54.1 Å². The predicted molar refractivity (Wildman–Crippen MR) is 115 cm³/mol. The van der Waals surface area contributed by atoms with Gasteiger partial charge in [-0.05, 0) is 69.4 Å². The molecular formula is C23H28N2O3S. The summed E-state index contributed by atoms with van der Waals surface area (Å²) in [6, 6.07) is 12.7. The number of fused-ring (bicyclic) bond motifs is 1. The van der Waals surface area contributed by atoms with Crippen molar-refractivity contribution in [2.75, 3.05) is 18.0 Å². The second-order valence-electron chi connectivity index (χ2n) is 8.18. The van der Waals surface area contributed by atoms with E-state index in [2.05, 4.69) is 13.0 Å². The highest BCUT2D eigenvalue weighted by molar-refractivity contribution is 7.89. The van der Waals surface area contributed by atoms with Crippen molar-refractivity contribution >= 4 is 21.6 Å². The first kappa shape index (κ1) is 20.1. The van der Waals surface area contributed by atoms with Crippen LogP contribution in [-0.4, -0.2) is 37.8 Å². The number of nitrogens with zero attached hydrogens (tertiary/aromatic N) is 2. The highest BCUT2D eigenvalue weighted by atomic mass is 32.2. The molecule has 0 saturated carbocycles. The Hall–Kier alpha value is -2.18. The summed E-state index contributed by atoms with van der Waals surface area (Å²) in [5.41, 5.74) is 3.71. The molecule has 2 aliphatic rings. The van der Waals surface area contributed by atoms with Crippen LogP contribution in [0.3, 0.4) is 0 Å². The molecule has 0 N–H and O–H groups in total. The van der Waals surface area contributed by atoms with Crippen LogP contribution in [0.25, 0.3) is 0 Å². The van der Waals surface area contributed by atoms with Gasteiger partial charge in [0.1, 0.15) is 0 Å². The summed E-state index contributed by atoms with van der Waals surface area (Å²) in [6.45, 7) is 5.20. The molecule has 154 valence electrons. The number of rotatable bonds is 3. The minimum atomic E-state index is -3.60. The summed E-state index contributed by atoms with van der Waals surface area (Å²) >= 11 is 0. The number of aryl methyl sites for hydroxylation is 2. The molecule has 0 radical (unpaired) electrons. The molecule has 1 amide bonds. The van der Waals surface area contributed by atoms with E-state index in [1.54, 1.807) is 33.5 Å². The van der Waals surface area contributed by atoms with Gasteiger partial charge >= 0.3 is 0 Å². The van der Waals surface area contributed by atoms with E-state index in [9.17, 15) is 13.2 Å². The van der Waals surface area contributed by atoms with Crippen LogP contribution in [0, 0.1) is 6.92 Å². The van der Waals surface area contributed by atoms with Crippen molar-refractivity contribution in [1.29, 1.82) is 0 Å². The first-order chi connectivity index (χ1) is 13.9. The lowest BCUT2D eigenvalue weighted by Crippen LogP contribution is -2.42. The van der Waals surface area contributed by atoms with Crippen LogP contribution in [0.15, 0.2) is 47.4 Å². The maximum absolute atomic E-state index is 13.3. The highest BCUT2D eigenvalue weighted by Gasteiger charge is 2.32. The third kappa shape index (κ3) is 3.83. The lowest BCUT2D eigenvalue weighted by Gasteiger charge is -2.32. The van der Waals surface area contributed by atoms with E-state index < -0.39 is 10.0 Å². The SMILES string of the molecule is Cc1ccc2c(c1)CCCN2C(=O)c1cccc(S(=O)(=O)N2CCCCC2C)c1. The Balaban J connectivity index is 1.65. The van der Waals surface area contributed by atoms with Gasteiger partial charge in [-0.2, -0.15) is 4.31 Å². The summed E-state index contributed by atoms with van der Waals surface area (Å²) in [7, 11) is -3.60. The second-order valence-corrected chi connectivity index (χ2v) is 10.1. The molecule has 1 unspecified atom stereocenters. The molecule has 1 saturated heterocycles. The number of sulfonamides is 1. The molecule has 0 bridgehead atoms. The van der Waals surface area contributed by atoms with Crippen molar-refractivity contribution in [1.82, 2.24) is 4.31 Å². The Morgan fingerprint density at radius 2 is 1.86 bits per heavy atom. The fourth-order valence-corrected chi connectivity index (χ4v) is 6.19. The topological polar surface area (TPSA) is 57.7 Å². The van der Waals surface area contributed by atoms with Crippen molar-refractivity contribution in [2.45, 2.75) is 56.9 Å². The zero-order valence-corrected chi connectivity index (χ0v) is 17.9. The molecule has 2 aromatic carbocycles. The molecule has 1 atom stereocenters. The zero-order chi connectivity index (χ0) is 20.6. The zero-order valence-electron chi connectivity index (χ0n) is 17.1. The third-order valence-corrected chi connectivity index (χ3v) is 8.04. The maximum atomic E-state index is 13.3. The summed E-state index contributed by atoms with van der Waals surface area (Å²) in [4.78, 5) is 15.3. The van der Waals surface area contributed by atoms with Gasteiger partial charge in [0, 0.05) is 30.4 Å².